The molecule has 0 radical (unpaired) electrons. The fourth-order valence-corrected chi connectivity index (χ4v) is 1.85. The van der Waals surface area contributed by atoms with E-state index in [9.17, 15) is 9.59 Å². The first-order chi connectivity index (χ1) is 8.63. The van der Waals surface area contributed by atoms with Gasteiger partial charge in [-0.3, -0.25) is 9.36 Å². The van der Waals surface area contributed by atoms with Gasteiger partial charge in [-0.05, 0) is 13.8 Å². The molecule has 0 atom stereocenters. The Kier molecular flexibility index (Phi) is 3.45. The van der Waals surface area contributed by atoms with E-state index in [1.807, 2.05) is 24.6 Å². The van der Waals surface area contributed by atoms with Crippen LogP contribution in [-0.2, 0) is 19.6 Å². The summed E-state index contributed by atoms with van der Waals surface area (Å²) < 4.78 is 4.68. The molecule has 0 aliphatic heterocycles. The molecule has 0 aliphatic rings. The van der Waals surface area contributed by atoms with Crippen LogP contribution in [0.2, 0.25) is 0 Å². The van der Waals surface area contributed by atoms with Gasteiger partial charge in [-0.2, -0.15) is 0 Å². The molecule has 6 heteroatoms. The molecule has 2 heterocycles. The summed E-state index contributed by atoms with van der Waals surface area (Å²) in [6.45, 7) is 5.24. The second kappa shape index (κ2) is 5.03. The number of hydrogen-bond donors (Lipinski definition) is 0. The molecule has 96 valence electrons. The highest BCUT2D eigenvalue weighted by Crippen LogP contribution is 1.95. The van der Waals surface area contributed by atoms with Crippen molar-refractivity contribution in [2.75, 3.05) is 0 Å². The molecule has 0 fully saturated rings. The Morgan fingerprint density at radius 2 is 1.94 bits per heavy atom. The minimum absolute atomic E-state index is 0.261. The SMILES string of the molecule is CCn1ccc(=O)n(CCn2ccnc2C)c1=O. The van der Waals surface area contributed by atoms with Gasteiger partial charge in [0.15, 0.2) is 0 Å². The van der Waals surface area contributed by atoms with Gasteiger partial charge in [0, 0.05) is 44.3 Å². The van der Waals surface area contributed by atoms with Crippen LogP contribution in [0.5, 0.6) is 0 Å². The van der Waals surface area contributed by atoms with Gasteiger partial charge in [-0.15, -0.1) is 0 Å². The van der Waals surface area contributed by atoms with Crippen molar-refractivity contribution in [1.82, 2.24) is 18.7 Å². The van der Waals surface area contributed by atoms with E-state index in [-0.39, 0.29) is 11.2 Å². The number of aromatic nitrogens is 4. The van der Waals surface area contributed by atoms with Crippen molar-refractivity contribution in [3.8, 4) is 0 Å². The Labute approximate surface area is 104 Å². The van der Waals surface area contributed by atoms with Gasteiger partial charge in [0.05, 0.1) is 0 Å². The minimum Gasteiger partial charge on any atom is -0.333 e. The van der Waals surface area contributed by atoms with E-state index in [1.165, 1.54) is 21.4 Å². The predicted molar refractivity (Wildman–Crippen MR) is 67.6 cm³/mol. The van der Waals surface area contributed by atoms with Crippen molar-refractivity contribution in [3.05, 3.63) is 51.3 Å². The summed E-state index contributed by atoms with van der Waals surface area (Å²) in [5, 5.41) is 0. The Balaban J connectivity index is 2.27. The Hall–Kier alpha value is -2.11. The summed E-state index contributed by atoms with van der Waals surface area (Å²) in [6, 6.07) is 1.42. The van der Waals surface area contributed by atoms with Crippen LogP contribution in [0.3, 0.4) is 0 Å². The first kappa shape index (κ1) is 12.3. The van der Waals surface area contributed by atoms with Crippen molar-refractivity contribution < 1.29 is 0 Å². The van der Waals surface area contributed by atoms with E-state index in [4.69, 9.17) is 0 Å². The number of aryl methyl sites for hydroxylation is 3. The second-order valence-corrected chi connectivity index (χ2v) is 4.04. The average molecular weight is 248 g/mol. The molecule has 0 N–H and O–H groups in total. The normalized spacial score (nSPS) is 10.8. The lowest BCUT2D eigenvalue weighted by Crippen LogP contribution is -2.39. The van der Waals surface area contributed by atoms with Gasteiger partial charge < -0.3 is 9.13 Å². The standard InChI is InChI=1S/C12H16N4O2/c1-3-14-6-4-11(17)16(12(14)18)9-8-15-7-5-13-10(15)2/h4-7H,3,8-9H2,1-2H3. The molecule has 0 aromatic carbocycles. The van der Waals surface area contributed by atoms with E-state index in [0.29, 0.717) is 19.6 Å². The zero-order valence-electron chi connectivity index (χ0n) is 10.5. The Morgan fingerprint density at radius 3 is 2.56 bits per heavy atom. The molecule has 2 aromatic heterocycles. The third-order valence-electron chi connectivity index (χ3n) is 2.97. The maximum atomic E-state index is 12.0. The number of nitrogens with zero attached hydrogens (tertiary/aromatic N) is 4. The third kappa shape index (κ3) is 2.27. The molecule has 0 aliphatic carbocycles. The van der Waals surface area contributed by atoms with Crippen molar-refractivity contribution >= 4 is 0 Å². The molecule has 18 heavy (non-hydrogen) atoms. The molecule has 0 bridgehead atoms. The highest BCUT2D eigenvalue weighted by molar-refractivity contribution is 4.89. The van der Waals surface area contributed by atoms with Gasteiger partial charge in [-0.25, -0.2) is 9.78 Å². The fourth-order valence-electron chi connectivity index (χ4n) is 1.85. The first-order valence-corrected chi connectivity index (χ1v) is 5.91. The summed E-state index contributed by atoms with van der Waals surface area (Å²) >= 11 is 0. The maximum absolute atomic E-state index is 12.0. The summed E-state index contributed by atoms with van der Waals surface area (Å²) in [7, 11) is 0. The second-order valence-electron chi connectivity index (χ2n) is 4.04. The van der Waals surface area contributed by atoms with Crippen LogP contribution >= 0.6 is 0 Å². The number of imidazole rings is 1. The van der Waals surface area contributed by atoms with E-state index in [2.05, 4.69) is 4.98 Å². The van der Waals surface area contributed by atoms with Crippen LogP contribution in [-0.4, -0.2) is 18.7 Å². The van der Waals surface area contributed by atoms with Crippen molar-refractivity contribution in [2.45, 2.75) is 33.5 Å². The molecular formula is C12H16N4O2. The Bertz CT molecular complexity index is 651. The van der Waals surface area contributed by atoms with Crippen LogP contribution in [0.4, 0.5) is 0 Å². The molecule has 6 nitrogen and oxygen atoms in total. The van der Waals surface area contributed by atoms with Crippen LogP contribution in [0, 0.1) is 6.92 Å². The lowest BCUT2D eigenvalue weighted by atomic mass is 10.5. The topological polar surface area (TPSA) is 61.8 Å². The van der Waals surface area contributed by atoms with Crippen molar-refractivity contribution in [1.29, 1.82) is 0 Å². The van der Waals surface area contributed by atoms with E-state index in [0.717, 1.165) is 5.82 Å². The zero-order valence-corrected chi connectivity index (χ0v) is 10.5. The smallest absolute Gasteiger partial charge is 0.331 e. The van der Waals surface area contributed by atoms with Crippen LogP contribution in [0.25, 0.3) is 0 Å². The highest BCUT2D eigenvalue weighted by Gasteiger charge is 2.04. The van der Waals surface area contributed by atoms with Gasteiger partial charge in [-0.1, -0.05) is 0 Å². The molecule has 0 saturated carbocycles. The van der Waals surface area contributed by atoms with E-state index >= 15 is 0 Å². The van der Waals surface area contributed by atoms with Gasteiger partial charge in [0.2, 0.25) is 0 Å². The Morgan fingerprint density at radius 1 is 1.17 bits per heavy atom. The molecule has 2 rings (SSSR count). The predicted octanol–water partition coefficient (Wildman–Crippen LogP) is 0.235. The largest absolute Gasteiger partial charge is 0.333 e. The van der Waals surface area contributed by atoms with E-state index in [1.54, 1.807) is 6.20 Å². The molecule has 0 unspecified atom stereocenters. The lowest BCUT2D eigenvalue weighted by molar-refractivity contribution is 0.508. The summed E-state index contributed by atoms with van der Waals surface area (Å²) in [5.41, 5.74) is -0.523. The summed E-state index contributed by atoms with van der Waals surface area (Å²) in [4.78, 5) is 27.7. The van der Waals surface area contributed by atoms with Crippen LogP contribution in [0.15, 0.2) is 34.2 Å². The maximum Gasteiger partial charge on any atom is 0.331 e. The third-order valence-corrected chi connectivity index (χ3v) is 2.97. The minimum atomic E-state index is -0.262. The van der Waals surface area contributed by atoms with Crippen molar-refractivity contribution in [2.24, 2.45) is 0 Å². The van der Waals surface area contributed by atoms with E-state index < -0.39 is 0 Å². The average Bonchev–Trinajstić information content (AvgIpc) is 2.75. The molecule has 0 spiro atoms. The summed E-state index contributed by atoms with van der Waals surface area (Å²) in [5.74, 6) is 0.870. The van der Waals surface area contributed by atoms with Gasteiger partial charge >= 0.3 is 5.69 Å². The molecule has 2 aromatic rings. The fraction of sp³-hybridized carbons (Fsp3) is 0.417. The zero-order chi connectivity index (χ0) is 13.1. The monoisotopic (exact) mass is 248 g/mol. The molecule has 0 amide bonds. The highest BCUT2D eigenvalue weighted by atomic mass is 16.2. The van der Waals surface area contributed by atoms with Crippen LogP contribution in [0.1, 0.15) is 12.7 Å². The lowest BCUT2D eigenvalue weighted by Gasteiger charge is -2.09. The molecular weight excluding hydrogens is 232 g/mol. The summed E-state index contributed by atoms with van der Waals surface area (Å²) in [6.07, 6.45) is 5.07. The van der Waals surface area contributed by atoms with Gasteiger partial charge in [0.25, 0.3) is 5.56 Å². The van der Waals surface area contributed by atoms with Crippen LogP contribution < -0.4 is 11.2 Å². The number of rotatable bonds is 4. The van der Waals surface area contributed by atoms with Gasteiger partial charge in [0.1, 0.15) is 5.82 Å². The molecule has 0 saturated heterocycles. The number of hydrogen-bond acceptors (Lipinski definition) is 3. The quantitative estimate of drug-likeness (QED) is 0.778. The first-order valence-electron chi connectivity index (χ1n) is 5.91. The van der Waals surface area contributed by atoms with Crippen molar-refractivity contribution in [3.63, 3.8) is 0 Å².